The fraction of sp³-hybridized carbons (Fsp3) is 0. The molecule has 1 heteroatoms. The number of terminal acetylenes is 1. The van der Waals surface area contributed by atoms with Crippen LogP contribution in [0.25, 0.3) is 0 Å². The summed E-state index contributed by atoms with van der Waals surface area (Å²) in [4.78, 5) is 0. The van der Waals surface area contributed by atoms with E-state index in [0.29, 0.717) is 0 Å². The zero-order chi connectivity index (χ0) is 4.83. The molecule has 0 aliphatic carbocycles. The van der Waals surface area contributed by atoms with Crippen molar-refractivity contribution < 1.29 is 5.26 Å². The molecule has 28 valence electrons. The normalized spacial score (nSPS) is 7.00. The van der Waals surface area contributed by atoms with E-state index in [4.69, 9.17) is 11.7 Å². The van der Waals surface area contributed by atoms with Gasteiger partial charge in [0.05, 0.1) is 6.08 Å². The molecule has 0 saturated heterocycles. The van der Waals surface area contributed by atoms with E-state index in [0.717, 1.165) is 0 Å². The molecule has 6 heavy (non-hydrogen) atoms. The predicted octanol–water partition coefficient (Wildman–Crippen LogP) is -1.05. The Labute approximate surface area is 36.9 Å². The van der Waals surface area contributed by atoms with Gasteiger partial charge in [0.2, 0.25) is 0 Å². The van der Waals surface area contributed by atoms with Gasteiger partial charge in [-0.05, 0) is 0 Å². The maximum atomic E-state index is 6.27. The van der Waals surface area contributed by atoms with Crippen LogP contribution in [0.15, 0.2) is 12.2 Å². The molecule has 0 radical (unpaired) electrons. The van der Waals surface area contributed by atoms with Crippen molar-refractivity contribution in [2.24, 2.45) is 0 Å². The van der Waals surface area contributed by atoms with Crippen LogP contribution in [0.2, 0.25) is 0 Å². The molecule has 0 aliphatic heterocycles. The largest absolute Gasteiger partial charge is 0.301 e. The number of hydrogen-bond acceptors (Lipinski definition) is 0. The third kappa shape index (κ3) is 2.79. The van der Waals surface area contributed by atoms with Gasteiger partial charge in [-0.3, -0.25) is 0 Å². The molecule has 0 rings (SSSR count). The lowest BCUT2D eigenvalue weighted by atomic mass is 10.5. The standard InChI is InChI=1S/C5H3N/c1-2-3-4-5-6/h1,3-4H/p+1/b4-3-. The van der Waals surface area contributed by atoms with E-state index in [1.165, 1.54) is 12.2 Å². The van der Waals surface area contributed by atoms with Crippen LogP contribution in [0.5, 0.6) is 0 Å². The first kappa shape index (κ1) is 4.79. The van der Waals surface area contributed by atoms with Gasteiger partial charge >= 0.3 is 6.07 Å². The minimum Gasteiger partial charge on any atom is -0.115 e. The Morgan fingerprint density at radius 1 is 1.50 bits per heavy atom. The highest BCUT2D eigenvalue weighted by Gasteiger charge is 1.57. The summed E-state index contributed by atoms with van der Waals surface area (Å²) < 4.78 is 0. The molecule has 0 amide bonds. The first-order valence-corrected chi connectivity index (χ1v) is 1.45. The summed E-state index contributed by atoms with van der Waals surface area (Å²) in [6.07, 6.45) is 7.53. The molecule has 0 aromatic heterocycles. The van der Waals surface area contributed by atoms with Crippen molar-refractivity contribution in [3.05, 3.63) is 12.2 Å². The van der Waals surface area contributed by atoms with Gasteiger partial charge in [0.15, 0.2) is 0 Å². The highest BCUT2D eigenvalue weighted by Crippen LogP contribution is 1.57. The topological polar surface area (TPSA) is 23.8 Å². The van der Waals surface area contributed by atoms with Gasteiger partial charge in [0.1, 0.15) is 0 Å². The average molecular weight is 78.1 g/mol. The van der Waals surface area contributed by atoms with Gasteiger partial charge in [-0.1, -0.05) is 11.2 Å². The molecule has 0 heterocycles. The second-order valence-electron chi connectivity index (χ2n) is 0.644. The van der Waals surface area contributed by atoms with Gasteiger partial charge in [-0.25, -0.2) is 0 Å². The summed E-state index contributed by atoms with van der Waals surface area (Å²) in [6.45, 7) is 0. The Balaban J connectivity index is 3.36. The molecule has 1 nitrogen and oxygen atoms in total. The molecule has 0 unspecified atom stereocenters. The number of hydrogen-bond donors (Lipinski definition) is 1. The molecule has 0 saturated carbocycles. The summed E-state index contributed by atoms with van der Waals surface area (Å²) >= 11 is 0. The van der Waals surface area contributed by atoms with Crippen molar-refractivity contribution in [1.82, 2.24) is 0 Å². The van der Waals surface area contributed by atoms with Crippen LogP contribution in [0.3, 0.4) is 0 Å². The molecule has 0 aromatic rings. The Bertz CT molecular complexity index is 104. The van der Waals surface area contributed by atoms with E-state index in [-0.39, 0.29) is 0 Å². The first-order chi connectivity index (χ1) is 2.91. The van der Waals surface area contributed by atoms with E-state index >= 15 is 0 Å². The number of nitrogens with one attached hydrogen (secondary N) is 1. The highest BCUT2D eigenvalue weighted by atomic mass is 14.2. The monoisotopic (exact) mass is 78.0 g/mol. The minimum atomic E-state index is 1.36. The van der Waals surface area contributed by atoms with Crippen LogP contribution in [-0.4, -0.2) is 0 Å². The van der Waals surface area contributed by atoms with E-state index in [2.05, 4.69) is 5.92 Å². The molecule has 0 bridgehead atoms. The van der Waals surface area contributed by atoms with E-state index in [1.54, 1.807) is 0 Å². The van der Waals surface area contributed by atoms with E-state index in [1.807, 2.05) is 6.07 Å². The molecule has 0 fully saturated rings. The third-order valence-electron chi connectivity index (χ3n) is 0.263. The van der Waals surface area contributed by atoms with Crippen LogP contribution in [-0.2, 0) is 0 Å². The molecule has 0 aliphatic rings. The minimum absolute atomic E-state index is 1.36. The molecular weight excluding hydrogens is 74.1 g/mol. The van der Waals surface area contributed by atoms with Crippen molar-refractivity contribution in [3.8, 4) is 18.4 Å². The van der Waals surface area contributed by atoms with Crippen molar-refractivity contribution in [1.29, 1.82) is 0 Å². The summed E-state index contributed by atoms with van der Waals surface area (Å²) in [5.74, 6) is 2.21. The highest BCUT2D eigenvalue weighted by molar-refractivity contribution is 5.15. The Morgan fingerprint density at radius 2 is 2.17 bits per heavy atom. The number of allylic oxidation sites excluding steroid dienone is 2. The zero-order valence-corrected chi connectivity index (χ0v) is 3.23. The van der Waals surface area contributed by atoms with E-state index < -0.39 is 0 Å². The summed E-state index contributed by atoms with van der Waals surface area (Å²) in [7, 11) is 0. The molecule has 0 atom stereocenters. The first-order valence-electron chi connectivity index (χ1n) is 1.45. The van der Waals surface area contributed by atoms with Crippen molar-refractivity contribution in [3.63, 3.8) is 0 Å². The molecule has 1 N–H and O–H groups in total. The maximum absolute atomic E-state index is 6.27. The molecule has 0 spiro atoms. The van der Waals surface area contributed by atoms with Crippen LogP contribution < -0.4 is 5.26 Å². The smallest absolute Gasteiger partial charge is 0.115 e. The Hall–Kier alpha value is -1.21. The van der Waals surface area contributed by atoms with Gasteiger partial charge < -0.3 is 0 Å². The zero-order valence-electron chi connectivity index (χ0n) is 3.23. The Kier molecular flexibility index (Phi) is 3.03. The summed E-state index contributed by atoms with van der Waals surface area (Å²) in [5, 5.41) is 6.27. The van der Waals surface area contributed by atoms with Gasteiger partial charge in [-0.2, -0.15) is 0 Å². The lowest BCUT2D eigenvalue weighted by molar-refractivity contribution is -0.0903. The van der Waals surface area contributed by atoms with Crippen LogP contribution in [0.4, 0.5) is 0 Å². The number of rotatable bonds is 0. The summed E-state index contributed by atoms with van der Waals surface area (Å²) in [6, 6.07) is 2.00. The van der Waals surface area contributed by atoms with Gasteiger partial charge in [-0.15, -0.1) is 6.42 Å². The molecule has 0 aromatic carbocycles. The Morgan fingerprint density at radius 3 is 2.33 bits per heavy atom. The van der Waals surface area contributed by atoms with E-state index in [9.17, 15) is 0 Å². The van der Waals surface area contributed by atoms with Crippen LogP contribution >= 0.6 is 0 Å². The SMILES string of the molecule is C#C/C=C\C#[NH+]. The fourth-order valence-corrected chi connectivity index (χ4v) is 0.0898. The maximum Gasteiger partial charge on any atom is 0.301 e. The fourth-order valence-electron chi connectivity index (χ4n) is 0.0898. The van der Waals surface area contributed by atoms with Gasteiger partial charge in [0.25, 0.3) is 0 Å². The quantitative estimate of drug-likeness (QED) is 0.282. The second kappa shape index (κ2) is 3.79. The van der Waals surface area contributed by atoms with Crippen molar-refractivity contribution >= 4 is 0 Å². The van der Waals surface area contributed by atoms with Gasteiger partial charge in [0, 0.05) is 6.08 Å². The lowest BCUT2D eigenvalue weighted by Gasteiger charge is -1.46. The summed E-state index contributed by atoms with van der Waals surface area (Å²) in [5.41, 5.74) is 0. The molecular formula is C5H4N+. The second-order valence-corrected chi connectivity index (χ2v) is 0.644. The average Bonchev–Trinajstić information content (AvgIpc) is 1.61. The lowest BCUT2D eigenvalue weighted by Crippen LogP contribution is -2.15. The van der Waals surface area contributed by atoms with Crippen LogP contribution in [0.1, 0.15) is 0 Å². The van der Waals surface area contributed by atoms with Crippen molar-refractivity contribution in [2.45, 2.75) is 0 Å². The third-order valence-corrected chi connectivity index (χ3v) is 0.263. The van der Waals surface area contributed by atoms with Crippen LogP contribution in [0, 0.1) is 18.4 Å². The van der Waals surface area contributed by atoms with Crippen molar-refractivity contribution in [2.75, 3.05) is 0 Å². The predicted molar refractivity (Wildman–Crippen MR) is 22.8 cm³/mol.